The molecule has 0 radical (unpaired) electrons. The highest BCUT2D eigenvalue weighted by molar-refractivity contribution is 6.31. The first-order valence-electron chi connectivity index (χ1n) is 12.7. The largest absolute Gasteiger partial charge is 0.473 e. The predicted octanol–water partition coefficient (Wildman–Crippen LogP) is 7.01. The lowest BCUT2D eigenvalue weighted by atomic mass is 9.80. The molecule has 38 heavy (non-hydrogen) atoms. The molecule has 5 rings (SSSR count). The van der Waals surface area contributed by atoms with E-state index >= 15 is 0 Å². The molecule has 192 valence electrons. The number of imide groups is 1. The summed E-state index contributed by atoms with van der Waals surface area (Å²) < 4.78 is 12.1. The lowest BCUT2D eigenvalue weighted by Crippen LogP contribution is -2.39. The number of hydrogen-bond acceptors (Lipinski definition) is 4. The summed E-state index contributed by atoms with van der Waals surface area (Å²) >= 11 is 6.81. The number of benzene rings is 4. The molecule has 1 aliphatic heterocycles. The molecular formula is C32H28ClNO4. The zero-order valence-electron chi connectivity index (χ0n) is 21.0. The second-order valence-electron chi connectivity index (χ2n) is 9.19. The van der Waals surface area contributed by atoms with Crippen LogP contribution < -0.4 is 4.74 Å². The van der Waals surface area contributed by atoms with Gasteiger partial charge in [0.1, 0.15) is 12.4 Å². The first-order valence-corrected chi connectivity index (χ1v) is 13.0. The zero-order valence-corrected chi connectivity index (χ0v) is 21.8. The van der Waals surface area contributed by atoms with Crippen molar-refractivity contribution in [2.45, 2.75) is 31.4 Å². The van der Waals surface area contributed by atoms with Crippen LogP contribution in [0.1, 0.15) is 35.6 Å². The van der Waals surface area contributed by atoms with Crippen LogP contribution in [0, 0.1) is 0 Å². The van der Waals surface area contributed by atoms with Crippen molar-refractivity contribution in [3.8, 4) is 5.75 Å². The van der Waals surface area contributed by atoms with E-state index in [0.29, 0.717) is 17.2 Å². The van der Waals surface area contributed by atoms with E-state index in [2.05, 4.69) is 0 Å². The molecule has 4 aromatic rings. The maximum atomic E-state index is 12.3. The van der Waals surface area contributed by atoms with Gasteiger partial charge in [-0.15, -0.1) is 0 Å². The van der Waals surface area contributed by atoms with Gasteiger partial charge in [-0.1, -0.05) is 110 Å². The highest BCUT2D eigenvalue weighted by atomic mass is 35.5. The van der Waals surface area contributed by atoms with Crippen molar-refractivity contribution in [1.82, 2.24) is 4.90 Å². The van der Waals surface area contributed by atoms with Gasteiger partial charge >= 0.3 is 6.09 Å². The van der Waals surface area contributed by atoms with Crippen LogP contribution in [0.4, 0.5) is 4.79 Å². The Labute approximate surface area is 227 Å². The van der Waals surface area contributed by atoms with Gasteiger partial charge in [-0.05, 0) is 30.2 Å². The van der Waals surface area contributed by atoms with Gasteiger partial charge in [0.15, 0.2) is 5.60 Å². The van der Waals surface area contributed by atoms with Crippen molar-refractivity contribution in [2.75, 3.05) is 6.61 Å². The summed E-state index contributed by atoms with van der Waals surface area (Å²) in [5.41, 5.74) is 2.69. The molecule has 1 heterocycles. The van der Waals surface area contributed by atoms with Crippen molar-refractivity contribution < 1.29 is 19.1 Å². The molecule has 0 unspecified atom stereocenters. The minimum atomic E-state index is -1.00. The third-order valence-electron chi connectivity index (χ3n) is 6.81. The number of hydrogen-bond donors (Lipinski definition) is 0. The first kappa shape index (κ1) is 25.6. The minimum Gasteiger partial charge on any atom is -0.473 e. The fourth-order valence-electron chi connectivity index (χ4n) is 4.97. The summed E-state index contributed by atoms with van der Waals surface area (Å²) in [4.78, 5) is 25.6. The van der Waals surface area contributed by atoms with E-state index < -0.39 is 11.7 Å². The first-order chi connectivity index (χ1) is 18.5. The van der Waals surface area contributed by atoms with Gasteiger partial charge in [0.2, 0.25) is 5.91 Å². The lowest BCUT2D eigenvalue weighted by Gasteiger charge is -2.37. The van der Waals surface area contributed by atoms with Gasteiger partial charge in [0.25, 0.3) is 0 Å². The van der Waals surface area contributed by atoms with E-state index in [0.717, 1.165) is 22.3 Å². The molecule has 0 saturated carbocycles. The molecule has 1 fully saturated rings. The highest BCUT2D eigenvalue weighted by Gasteiger charge is 2.41. The monoisotopic (exact) mass is 525 g/mol. The summed E-state index contributed by atoms with van der Waals surface area (Å²) in [7, 11) is 0. The Hall–Kier alpha value is -4.09. The second kappa shape index (κ2) is 11.1. The average Bonchev–Trinajstić information content (AvgIpc) is 3.33. The van der Waals surface area contributed by atoms with E-state index in [4.69, 9.17) is 21.1 Å². The fraction of sp³-hybridized carbons (Fsp3) is 0.188. The zero-order chi connectivity index (χ0) is 26.5. The van der Waals surface area contributed by atoms with Crippen LogP contribution in [0.15, 0.2) is 109 Å². The summed E-state index contributed by atoms with van der Waals surface area (Å²) in [5, 5.41) is 0.600. The SMILES string of the molecule is CCC(=O)N1C(=O)OC[C@@H]1Cc1ccc(OC(c2ccccc2)(c2ccccc2)c2ccccc2Cl)cc1. The van der Waals surface area contributed by atoms with Gasteiger partial charge in [-0.2, -0.15) is 0 Å². The number of rotatable bonds is 8. The lowest BCUT2D eigenvalue weighted by molar-refractivity contribution is -0.128. The van der Waals surface area contributed by atoms with Gasteiger partial charge < -0.3 is 9.47 Å². The Morgan fingerprint density at radius 3 is 2.05 bits per heavy atom. The number of carbonyl (C=O) groups excluding carboxylic acids is 2. The van der Waals surface area contributed by atoms with Crippen LogP contribution in [-0.2, 0) is 21.6 Å². The maximum Gasteiger partial charge on any atom is 0.416 e. The third kappa shape index (κ3) is 4.90. The van der Waals surface area contributed by atoms with Crippen LogP contribution >= 0.6 is 11.6 Å². The molecule has 6 heteroatoms. The molecule has 1 saturated heterocycles. The Balaban J connectivity index is 1.52. The minimum absolute atomic E-state index is 0.195. The number of carbonyl (C=O) groups is 2. The molecule has 1 atom stereocenters. The van der Waals surface area contributed by atoms with Crippen molar-refractivity contribution in [3.63, 3.8) is 0 Å². The highest BCUT2D eigenvalue weighted by Crippen LogP contribution is 2.43. The van der Waals surface area contributed by atoms with Crippen LogP contribution in [-0.4, -0.2) is 29.5 Å². The molecule has 5 nitrogen and oxygen atoms in total. The predicted molar refractivity (Wildman–Crippen MR) is 147 cm³/mol. The molecule has 0 spiro atoms. The Morgan fingerprint density at radius 1 is 0.895 bits per heavy atom. The molecule has 0 aliphatic carbocycles. The van der Waals surface area contributed by atoms with Crippen LogP contribution in [0.25, 0.3) is 0 Å². The van der Waals surface area contributed by atoms with Gasteiger partial charge in [0, 0.05) is 28.1 Å². The number of halogens is 1. The van der Waals surface area contributed by atoms with Crippen molar-refractivity contribution in [2.24, 2.45) is 0 Å². The smallest absolute Gasteiger partial charge is 0.416 e. The van der Waals surface area contributed by atoms with E-state index in [1.807, 2.05) is 109 Å². The van der Waals surface area contributed by atoms with Crippen LogP contribution in [0.5, 0.6) is 5.75 Å². The van der Waals surface area contributed by atoms with E-state index in [1.165, 1.54) is 4.90 Å². The topological polar surface area (TPSA) is 55.8 Å². The molecule has 0 aromatic heterocycles. The molecule has 4 aromatic carbocycles. The Kier molecular flexibility index (Phi) is 7.47. The van der Waals surface area contributed by atoms with Gasteiger partial charge in [-0.25, -0.2) is 9.69 Å². The van der Waals surface area contributed by atoms with Crippen molar-refractivity contribution in [3.05, 3.63) is 136 Å². The van der Waals surface area contributed by atoms with Crippen LogP contribution in [0.2, 0.25) is 5.02 Å². The molecule has 1 aliphatic rings. The van der Waals surface area contributed by atoms with E-state index in [9.17, 15) is 9.59 Å². The summed E-state index contributed by atoms with van der Waals surface area (Å²) in [6.45, 7) is 1.93. The summed E-state index contributed by atoms with van der Waals surface area (Å²) in [6.07, 6.45) is 0.184. The fourth-order valence-corrected chi connectivity index (χ4v) is 5.24. The maximum absolute atomic E-state index is 12.3. The number of nitrogens with zero attached hydrogens (tertiary/aromatic N) is 1. The third-order valence-corrected chi connectivity index (χ3v) is 7.14. The van der Waals surface area contributed by atoms with Crippen molar-refractivity contribution >= 4 is 23.6 Å². The number of cyclic esters (lactones) is 1. The van der Waals surface area contributed by atoms with Crippen LogP contribution in [0.3, 0.4) is 0 Å². The Morgan fingerprint density at radius 2 is 1.47 bits per heavy atom. The second-order valence-corrected chi connectivity index (χ2v) is 9.60. The quantitative estimate of drug-likeness (QED) is 0.232. The average molecular weight is 526 g/mol. The van der Waals surface area contributed by atoms with E-state index in [-0.39, 0.29) is 25.0 Å². The normalized spacial score (nSPS) is 15.3. The van der Waals surface area contributed by atoms with Gasteiger partial charge in [-0.3, -0.25) is 4.79 Å². The molecular weight excluding hydrogens is 498 g/mol. The summed E-state index contributed by atoms with van der Waals surface area (Å²) in [5.74, 6) is 0.425. The Bertz CT molecular complexity index is 1370. The molecule has 2 amide bonds. The molecule has 0 N–H and O–H groups in total. The summed E-state index contributed by atoms with van der Waals surface area (Å²) in [6, 6.07) is 35.2. The van der Waals surface area contributed by atoms with Gasteiger partial charge in [0.05, 0.1) is 6.04 Å². The van der Waals surface area contributed by atoms with Crippen molar-refractivity contribution in [1.29, 1.82) is 0 Å². The number of amides is 2. The van der Waals surface area contributed by atoms with E-state index in [1.54, 1.807) is 6.92 Å². The molecule has 0 bridgehead atoms. The number of ether oxygens (including phenoxy) is 2. The standard InChI is InChI=1S/C32H28ClNO4/c1-2-30(35)34-26(22-37-31(34)36)21-23-17-19-27(20-18-23)38-32(24-11-5-3-6-12-24,25-13-7-4-8-14-25)28-15-9-10-16-29(28)33/h3-20,26H,2,21-22H2,1H3/t26-/m0/s1.